The van der Waals surface area contributed by atoms with Gasteiger partial charge in [0, 0.05) is 29.8 Å². The van der Waals surface area contributed by atoms with Gasteiger partial charge in [0.15, 0.2) is 82.5 Å². The van der Waals surface area contributed by atoms with E-state index in [0.717, 1.165) is 17.8 Å². The minimum Gasteiger partial charge on any atom is -0.258 e. The highest BCUT2D eigenvalue weighted by atomic mass is 19.2. The normalized spacial score (nSPS) is 11.5. The van der Waals surface area contributed by atoms with Gasteiger partial charge in [-0.3, -0.25) is 10.1 Å². The van der Waals surface area contributed by atoms with E-state index in [1.165, 1.54) is 11.6 Å². The van der Waals surface area contributed by atoms with Gasteiger partial charge in [-0.2, -0.15) is 4.57 Å². The number of nitro groups is 1. The summed E-state index contributed by atoms with van der Waals surface area (Å²) in [5, 5.41) is 11.0. The molecule has 1 aromatic heterocycles. The highest BCUT2D eigenvalue weighted by Gasteiger charge is 2.52. The third-order valence-corrected chi connectivity index (χ3v) is 10.2. The lowest BCUT2D eigenvalue weighted by atomic mass is 9.12. The Morgan fingerprint density at radius 1 is 0.388 bits per heavy atom. The van der Waals surface area contributed by atoms with Gasteiger partial charge < -0.3 is 0 Å². The summed E-state index contributed by atoms with van der Waals surface area (Å²) in [4.78, 5) is 10.6. The summed E-state index contributed by atoms with van der Waals surface area (Å²) in [5.41, 5.74) is -11.2. The number of aromatic nitrogens is 1. The zero-order valence-corrected chi connectivity index (χ0v) is 32.1. The first-order chi connectivity index (χ1) is 31.4. The maximum absolute atomic E-state index is 15.4. The second-order valence-electron chi connectivity index (χ2n) is 13.8. The first-order valence-electron chi connectivity index (χ1n) is 17.9. The second kappa shape index (κ2) is 18.4. The number of benzene rings is 6. The largest absolute Gasteiger partial charge is 0.270 e. The molecule has 0 N–H and O–H groups in total. The number of nitrogens with zero attached hydrogens (tertiary/aromatic N) is 2. The van der Waals surface area contributed by atoms with Crippen LogP contribution >= 0.6 is 0 Å². The molecule has 0 aliphatic carbocycles. The summed E-state index contributed by atoms with van der Waals surface area (Å²) in [5.74, 6) is -71.4. The monoisotopic (exact) mass is 970 g/mol. The molecule has 0 spiro atoms. The third kappa shape index (κ3) is 7.94. The van der Waals surface area contributed by atoms with Crippen molar-refractivity contribution >= 4 is 33.7 Å². The molecular weight excluding hydrogens is 955 g/mol. The molecule has 0 saturated heterocycles. The van der Waals surface area contributed by atoms with Gasteiger partial charge in [-0.1, -0.05) is 36.4 Å². The van der Waals surface area contributed by atoms with Crippen LogP contribution in [0.1, 0.15) is 5.56 Å². The van der Waals surface area contributed by atoms with Crippen LogP contribution in [0.4, 0.5) is 93.5 Å². The molecule has 0 aliphatic rings. The van der Waals surface area contributed by atoms with Crippen molar-refractivity contribution in [3.63, 3.8) is 0 Å². The number of halogens is 20. The van der Waals surface area contributed by atoms with E-state index >= 15 is 35.1 Å². The lowest BCUT2D eigenvalue weighted by Gasteiger charge is -2.44. The molecule has 0 aliphatic heterocycles. The van der Waals surface area contributed by atoms with E-state index < -0.39 is 144 Å². The summed E-state index contributed by atoms with van der Waals surface area (Å²) >= 11 is 0. The minimum atomic E-state index is -7.22. The molecule has 7 aromatic rings. The van der Waals surface area contributed by atoms with Gasteiger partial charge >= 0.3 is 0 Å². The number of rotatable bonds is 8. The van der Waals surface area contributed by atoms with Crippen LogP contribution in [0.2, 0.25) is 0 Å². The molecule has 4 nitrogen and oxygen atoms in total. The Hall–Kier alpha value is -7.47. The number of pyridine rings is 1. The molecule has 0 bridgehead atoms. The van der Waals surface area contributed by atoms with Gasteiger partial charge in [0.2, 0.25) is 5.69 Å². The topological polar surface area (TPSA) is 47.0 Å². The fourth-order valence-corrected chi connectivity index (χ4v) is 7.31. The van der Waals surface area contributed by atoms with Crippen LogP contribution in [-0.2, 0) is 6.54 Å². The first-order valence-corrected chi connectivity index (χ1v) is 17.9. The van der Waals surface area contributed by atoms with Gasteiger partial charge in [0.1, 0.15) is 52.7 Å². The van der Waals surface area contributed by atoms with Crippen LogP contribution in [0.15, 0.2) is 79.0 Å². The molecule has 0 fully saturated rings. The fourth-order valence-electron chi connectivity index (χ4n) is 7.31. The highest BCUT2D eigenvalue weighted by Crippen LogP contribution is 2.31. The summed E-state index contributed by atoms with van der Waals surface area (Å²) in [6.45, 7) is 0.722. The lowest BCUT2D eigenvalue weighted by molar-refractivity contribution is -0.677. The van der Waals surface area contributed by atoms with E-state index in [-0.39, 0.29) is 10.6 Å². The van der Waals surface area contributed by atoms with Gasteiger partial charge in [-0.15, -0.1) is 21.9 Å². The van der Waals surface area contributed by atoms with Crippen LogP contribution in [0, 0.1) is 126 Å². The standard InChI is InChI=1S/C24BF20.C18H15N2O2/c26-5-1(6(27)14(35)21(42)13(5)34)25(2-7(28)15(36)22(43)16(37)8(2)29,3-9(30)17(38)23(44)18(39)10(3)31)4-11(32)19(40)24(45)20(41)12(4)33;21-20(22)17-10-6-9-16(13-17)18-11-4-5-12-19(18)14-15-7-2-1-3-8-15/h;1-13H,14H2/q-1;+1. The average molecular weight is 970 g/mol. The molecule has 0 radical (unpaired) electrons. The third-order valence-electron chi connectivity index (χ3n) is 10.2. The smallest absolute Gasteiger partial charge is 0.258 e. The predicted octanol–water partition coefficient (Wildman–Crippen LogP) is 9.44. The van der Waals surface area contributed by atoms with Crippen molar-refractivity contribution in [3.8, 4) is 11.3 Å². The van der Waals surface area contributed by atoms with Crippen LogP contribution < -0.4 is 26.4 Å². The molecule has 25 heteroatoms. The van der Waals surface area contributed by atoms with Gasteiger partial charge in [-0.25, -0.2) is 87.8 Å². The van der Waals surface area contributed by atoms with Crippen molar-refractivity contribution in [1.82, 2.24) is 0 Å². The van der Waals surface area contributed by atoms with E-state index in [1.807, 2.05) is 48.7 Å². The Kier molecular flexibility index (Phi) is 13.5. The summed E-state index contributed by atoms with van der Waals surface area (Å²) < 4.78 is 296. The van der Waals surface area contributed by atoms with E-state index in [4.69, 9.17) is 0 Å². The van der Waals surface area contributed by atoms with Crippen LogP contribution in [0.25, 0.3) is 11.3 Å². The Bertz CT molecular complexity index is 2770. The molecule has 0 saturated carbocycles. The lowest BCUT2D eigenvalue weighted by Crippen LogP contribution is -2.81. The molecule has 0 unspecified atom stereocenters. The SMILES string of the molecule is Fc1c(F)c(F)c([B-](c2c(F)c(F)c(F)c(F)c2F)(c2c(F)c(F)c(F)c(F)c2F)c2c(F)c(F)c(F)c(F)c2F)c(F)c1F.O=[N+]([O-])c1cccc(-c2cccc[n+]2Cc2ccccc2)c1. The van der Waals surface area contributed by atoms with Gasteiger partial charge in [-0.05, 0) is 12.1 Å². The van der Waals surface area contributed by atoms with Crippen molar-refractivity contribution in [3.05, 3.63) is 211 Å². The zero-order chi connectivity index (χ0) is 49.7. The molecule has 7 rings (SSSR count). The summed E-state index contributed by atoms with van der Waals surface area (Å²) in [6.07, 6.45) is -5.23. The van der Waals surface area contributed by atoms with Crippen molar-refractivity contribution in [1.29, 1.82) is 0 Å². The molecule has 6 aromatic carbocycles. The molecular formula is C42H15BF20N2O2. The van der Waals surface area contributed by atoms with E-state index in [9.17, 15) is 62.8 Å². The Morgan fingerprint density at radius 2 is 0.701 bits per heavy atom. The summed E-state index contributed by atoms with van der Waals surface area (Å²) in [7, 11) is 0. The quantitative estimate of drug-likeness (QED) is 0.0290. The average Bonchev–Trinajstić information content (AvgIpc) is 3.32. The van der Waals surface area contributed by atoms with Gasteiger partial charge in [0.05, 0.1) is 10.5 Å². The number of hydrogen-bond donors (Lipinski definition) is 0. The minimum absolute atomic E-state index is 0.104. The van der Waals surface area contributed by atoms with Crippen molar-refractivity contribution in [2.45, 2.75) is 6.54 Å². The fraction of sp³-hybridized carbons (Fsp3) is 0.0238. The van der Waals surface area contributed by atoms with Crippen LogP contribution in [0.3, 0.4) is 0 Å². The Morgan fingerprint density at radius 3 is 1.03 bits per heavy atom. The van der Waals surface area contributed by atoms with Crippen molar-refractivity contribution in [2.75, 3.05) is 0 Å². The van der Waals surface area contributed by atoms with Crippen LogP contribution in [0.5, 0.6) is 0 Å². The Labute approximate surface area is 359 Å². The molecule has 0 atom stereocenters. The second-order valence-corrected chi connectivity index (χ2v) is 13.8. The van der Waals surface area contributed by atoms with E-state index in [2.05, 4.69) is 16.7 Å². The van der Waals surface area contributed by atoms with Crippen molar-refractivity contribution < 1.29 is 97.3 Å². The van der Waals surface area contributed by atoms with Crippen molar-refractivity contribution in [2.24, 2.45) is 0 Å². The van der Waals surface area contributed by atoms with E-state index in [0.29, 0.717) is 0 Å². The number of hydrogen-bond acceptors (Lipinski definition) is 2. The van der Waals surface area contributed by atoms with E-state index in [1.54, 1.807) is 12.1 Å². The highest BCUT2D eigenvalue weighted by molar-refractivity contribution is 7.20. The number of non-ortho nitro benzene ring substituents is 1. The molecule has 348 valence electrons. The molecule has 0 amide bonds. The predicted molar refractivity (Wildman–Crippen MR) is 193 cm³/mol. The maximum atomic E-state index is 15.4. The van der Waals surface area contributed by atoms with Crippen LogP contribution in [-0.4, -0.2) is 11.1 Å². The summed E-state index contributed by atoms with van der Waals surface area (Å²) in [6, 6.07) is 22.7. The zero-order valence-electron chi connectivity index (χ0n) is 32.1. The molecule has 67 heavy (non-hydrogen) atoms. The number of nitro benzene ring substituents is 1. The first kappa shape index (κ1) is 49.0. The van der Waals surface area contributed by atoms with Gasteiger partial charge in [0.25, 0.3) is 5.69 Å². The molecule has 1 heterocycles. The maximum Gasteiger partial charge on any atom is 0.270 e. The Balaban J connectivity index is 0.000000279.